The molecule has 1 N–H and O–H groups in total. The fourth-order valence-corrected chi connectivity index (χ4v) is 2.21. The molecule has 0 saturated carbocycles. The van der Waals surface area contributed by atoms with Crippen molar-refractivity contribution in [1.29, 1.82) is 0 Å². The van der Waals surface area contributed by atoms with Crippen LogP contribution in [0.3, 0.4) is 0 Å². The minimum absolute atomic E-state index is 0.0367. The van der Waals surface area contributed by atoms with E-state index in [4.69, 9.17) is 18.6 Å². The van der Waals surface area contributed by atoms with Crippen molar-refractivity contribution in [2.75, 3.05) is 19.8 Å². The van der Waals surface area contributed by atoms with Crippen molar-refractivity contribution in [1.82, 2.24) is 0 Å². The van der Waals surface area contributed by atoms with Crippen molar-refractivity contribution < 1.29 is 28.5 Å². The van der Waals surface area contributed by atoms with Gasteiger partial charge in [0.25, 0.3) is 0 Å². The standard InChI is InChI=1S/C15H20O6/c1-3-18-10-12-8-11(13-6-5-7-20-13)9-15(17,21-12)14(16)19-4-2/h5-8,11,17H,3-4,9-10H2,1-2H3. The zero-order chi connectivity index (χ0) is 15.3. The van der Waals surface area contributed by atoms with Gasteiger partial charge in [0.2, 0.25) is 0 Å². The fourth-order valence-electron chi connectivity index (χ4n) is 2.21. The first-order chi connectivity index (χ1) is 10.1. The molecule has 21 heavy (non-hydrogen) atoms. The van der Waals surface area contributed by atoms with Crippen molar-refractivity contribution in [3.8, 4) is 0 Å². The Morgan fingerprint density at radius 2 is 2.29 bits per heavy atom. The lowest BCUT2D eigenvalue weighted by molar-refractivity contribution is -0.224. The molecule has 6 nitrogen and oxygen atoms in total. The van der Waals surface area contributed by atoms with Crippen LogP contribution in [-0.2, 0) is 19.0 Å². The van der Waals surface area contributed by atoms with Crippen molar-refractivity contribution in [3.63, 3.8) is 0 Å². The van der Waals surface area contributed by atoms with E-state index in [0.29, 0.717) is 18.1 Å². The molecule has 1 aromatic rings. The van der Waals surface area contributed by atoms with Crippen LogP contribution in [0.15, 0.2) is 34.6 Å². The lowest BCUT2D eigenvalue weighted by atomic mass is 9.93. The number of furan rings is 1. The van der Waals surface area contributed by atoms with Crippen molar-refractivity contribution in [3.05, 3.63) is 36.0 Å². The molecule has 2 atom stereocenters. The maximum Gasteiger partial charge on any atom is 0.379 e. The molecule has 0 aromatic carbocycles. The number of carbonyl (C=O) groups is 1. The van der Waals surface area contributed by atoms with E-state index in [0.717, 1.165) is 0 Å². The smallest absolute Gasteiger partial charge is 0.379 e. The van der Waals surface area contributed by atoms with Gasteiger partial charge in [-0.3, -0.25) is 0 Å². The van der Waals surface area contributed by atoms with Gasteiger partial charge in [-0.05, 0) is 32.1 Å². The summed E-state index contributed by atoms with van der Waals surface area (Å²) in [6, 6.07) is 3.54. The van der Waals surface area contributed by atoms with Gasteiger partial charge in [0.15, 0.2) is 0 Å². The predicted molar refractivity (Wildman–Crippen MR) is 73.3 cm³/mol. The zero-order valence-corrected chi connectivity index (χ0v) is 12.2. The molecular formula is C15H20O6. The van der Waals surface area contributed by atoms with E-state index in [9.17, 15) is 9.90 Å². The Kier molecular flexibility index (Phi) is 5.03. The first-order valence-electron chi connectivity index (χ1n) is 6.99. The van der Waals surface area contributed by atoms with Crippen LogP contribution in [0, 0.1) is 0 Å². The molecule has 0 fully saturated rings. The van der Waals surface area contributed by atoms with Crippen molar-refractivity contribution >= 4 is 5.97 Å². The molecule has 116 valence electrons. The zero-order valence-electron chi connectivity index (χ0n) is 12.2. The highest BCUT2D eigenvalue weighted by Crippen LogP contribution is 2.36. The summed E-state index contributed by atoms with van der Waals surface area (Å²) in [5.74, 6) is -2.06. The molecule has 0 bridgehead atoms. The third kappa shape index (κ3) is 3.65. The van der Waals surface area contributed by atoms with E-state index in [1.807, 2.05) is 6.92 Å². The molecule has 2 rings (SSSR count). The summed E-state index contributed by atoms with van der Waals surface area (Å²) < 4.78 is 20.9. The number of hydrogen-bond donors (Lipinski definition) is 1. The summed E-state index contributed by atoms with van der Waals surface area (Å²) in [4.78, 5) is 12.0. The van der Waals surface area contributed by atoms with Gasteiger partial charge in [0.05, 0.1) is 12.9 Å². The summed E-state index contributed by atoms with van der Waals surface area (Å²) in [6.07, 6.45) is 3.38. The Hall–Kier alpha value is -1.79. The summed E-state index contributed by atoms with van der Waals surface area (Å²) in [6.45, 7) is 4.37. The lowest BCUT2D eigenvalue weighted by Crippen LogP contribution is -2.46. The number of aliphatic hydroxyl groups is 1. The second-order valence-corrected chi connectivity index (χ2v) is 4.70. The second-order valence-electron chi connectivity index (χ2n) is 4.70. The van der Waals surface area contributed by atoms with Gasteiger partial charge in [0, 0.05) is 18.9 Å². The average Bonchev–Trinajstić information content (AvgIpc) is 2.99. The van der Waals surface area contributed by atoms with Gasteiger partial charge in [-0.2, -0.15) is 0 Å². The van der Waals surface area contributed by atoms with Gasteiger partial charge >= 0.3 is 11.8 Å². The van der Waals surface area contributed by atoms with Gasteiger partial charge in [0.1, 0.15) is 18.1 Å². The highest BCUT2D eigenvalue weighted by molar-refractivity contribution is 5.78. The quantitative estimate of drug-likeness (QED) is 0.808. The molecule has 0 radical (unpaired) electrons. The minimum atomic E-state index is -2.02. The second kappa shape index (κ2) is 6.78. The highest BCUT2D eigenvalue weighted by atomic mass is 16.7. The third-order valence-corrected chi connectivity index (χ3v) is 3.14. The van der Waals surface area contributed by atoms with E-state index in [1.54, 1.807) is 31.4 Å². The summed E-state index contributed by atoms with van der Waals surface area (Å²) in [5.41, 5.74) is 0. The highest BCUT2D eigenvalue weighted by Gasteiger charge is 2.46. The number of esters is 1. The molecule has 2 unspecified atom stereocenters. The fraction of sp³-hybridized carbons (Fsp3) is 0.533. The number of ether oxygens (including phenoxy) is 3. The van der Waals surface area contributed by atoms with Crippen molar-refractivity contribution in [2.45, 2.75) is 32.0 Å². The molecule has 6 heteroatoms. The van der Waals surface area contributed by atoms with E-state index in [2.05, 4.69) is 0 Å². The molecule has 1 aliphatic rings. The summed E-state index contributed by atoms with van der Waals surface area (Å²) >= 11 is 0. The van der Waals surface area contributed by atoms with Crippen LogP contribution in [0.4, 0.5) is 0 Å². The largest absolute Gasteiger partial charge is 0.469 e. The van der Waals surface area contributed by atoms with Crippen LogP contribution in [0.25, 0.3) is 0 Å². The first kappa shape index (κ1) is 15.6. The number of allylic oxidation sites excluding steroid dienone is 1. The van der Waals surface area contributed by atoms with Crippen LogP contribution in [0.5, 0.6) is 0 Å². The molecule has 1 aliphatic heterocycles. The molecule has 2 heterocycles. The number of carbonyl (C=O) groups excluding carboxylic acids is 1. The molecule has 0 spiro atoms. The number of rotatable bonds is 6. The van der Waals surface area contributed by atoms with E-state index in [1.165, 1.54) is 0 Å². The van der Waals surface area contributed by atoms with Crippen LogP contribution < -0.4 is 0 Å². The summed E-state index contributed by atoms with van der Waals surface area (Å²) in [5, 5.41) is 10.5. The summed E-state index contributed by atoms with van der Waals surface area (Å²) in [7, 11) is 0. The Morgan fingerprint density at radius 3 is 2.90 bits per heavy atom. The maximum absolute atomic E-state index is 12.0. The Morgan fingerprint density at radius 1 is 1.48 bits per heavy atom. The average molecular weight is 296 g/mol. The monoisotopic (exact) mass is 296 g/mol. The lowest BCUT2D eigenvalue weighted by Gasteiger charge is -2.33. The van der Waals surface area contributed by atoms with E-state index in [-0.39, 0.29) is 25.6 Å². The third-order valence-electron chi connectivity index (χ3n) is 3.14. The van der Waals surface area contributed by atoms with E-state index >= 15 is 0 Å². The van der Waals surface area contributed by atoms with Gasteiger partial charge in [-0.15, -0.1) is 0 Å². The topological polar surface area (TPSA) is 78.1 Å². The molecule has 0 saturated heterocycles. The first-order valence-corrected chi connectivity index (χ1v) is 6.99. The van der Waals surface area contributed by atoms with Crippen LogP contribution in [0.2, 0.25) is 0 Å². The van der Waals surface area contributed by atoms with Gasteiger partial charge in [-0.1, -0.05) is 0 Å². The van der Waals surface area contributed by atoms with Crippen LogP contribution in [-0.4, -0.2) is 36.7 Å². The Bertz CT molecular complexity index is 492. The van der Waals surface area contributed by atoms with Gasteiger partial charge in [-0.25, -0.2) is 4.79 Å². The predicted octanol–water partition coefficient (Wildman–Crippen LogP) is 1.96. The molecular weight excluding hydrogens is 276 g/mol. The minimum Gasteiger partial charge on any atom is -0.469 e. The molecule has 1 aromatic heterocycles. The Labute approximate surface area is 123 Å². The Balaban J connectivity index is 2.23. The number of hydrogen-bond acceptors (Lipinski definition) is 6. The SMILES string of the molecule is CCOCC1=CC(c2ccco2)CC(O)(C(=O)OCC)O1. The van der Waals surface area contributed by atoms with Crippen LogP contribution in [0.1, 0.15) is 31.9 Å². The normalized spacial score (nSPS) is 25.1. The van der Waals surface area contributed by atoms with E-state index < -0.39 is 11.8 Å². The maximum atomic E-state index is 12.0. The molecule has 0 aliphatic carbocycles. The van der Waals surface area contributed by atoms with Crippen LogP contribution >= 0.6 is 0 Å². The van der Waals surface area contributed by atoms with Gasteiger partial charge < -0.3 is 23.7 Å². The molecule has 0 amide bonds. The van der Waals surface area contributed by atoms with Crippen molar-refractivity contribution in [2.24, 2.45) is 0 Å².